The molecule has 0 radical (unpaired) electrons. The maximum Gasteiger partial charge on any atom is 0.262 e. The number of amides is 1. The summed E-state index contributed by atoms with van der Waals surface area (Å²) in [6, 6.07) is 9.59. The molecular weight excluding hydrogens is 430 g/mol. The first-order valence-corrected chi connectivity index (χ1v) is 10.8. The first-order valence-electron chi connectivity index (χ1n) is 8.96. The van der Waals surface area contributed by atoms with Gasteiger partial charge >= 0.3 is 0 Å². The average molecular weight is 448 g/mol. The quantitative estimate of drug-likeness (QED) is 0.644. The maximum atomic E-state index is 13.2. The summed E-state index contributed by atoms with van der Waals surface area (Å²) in [4.78, 5) is 15.3. The fourth-order valence-corrected chi connectivity index (χ4v) is 4.97. The van der Waals surface area contributed by atoms with Crippen molar-refractivity contribution < 1.29 is 17.9 Å². The summed E-state index contributed by atoms with van der Waals surface area (Å²) in [5, 5.41) is 6.68. The number of benzene rings is 2. The zero-order valence-corrected chi connectivity index (χ0v) is 17.7. The number of carbonyl (C=O) groups is 1. The van der Waals surface area contributed by atoms with Crippen molar-refractivity contribution in [2.24, 2.45) is 0 Å². The SMILES string of the molecule is CC(c1ccc(-n2cncn2)cc1)N(C)S(=O)(=O)c1cc2c(cc1Cl)NC(=O)CO2. The standard InChI is InChI=1S/C19H18ClN5O4S/c1-12(13-3-5-14(6-4-13)25-11-21-10-22-25)24(2)30(27,28)18-8-17-16(7-15(18)20)23-19(26)9-29-17/h3-8,10-12H,9H2,1-2H3,(H,23,26). The monoisotopic (exact) mass is 447 g/mol. The number of carbonyl (C=O) groups excluding carboxylic acids is 1. The number of halogens is 1. The molecule has 0 spiro atoms. The van der Waals surface area contributed by atoms with E-state index in [1.165, 1.54) is 29.8 Å². The largest absolute Gasteiger partial charge is 0.482 e. The molecule has 0 saturated heterocycles. The molecule has 9 nitrogen and oxygen atoms in total. The van der Waals surface area contributed by atoms with Gasteiger partial charge in [-0.2, -0.15) is 9.40 Å². The third kappa shape index (κ3) is 3.64. The maximum absolute atomic E-state index is 13.2. The van der Waals surface area contributed by atoms with Gasteiger partial charge in [0.1, 0.15) is 23.3 Å². The third-order valence-corrected chi connectivity index (χ3v) is 7.32. The summed E-state index contributed by atoms with van der Waals surface area (Å²) in [6.07, 6.45) is 3.02. The molecule has 3 aromatic rings. The molecule has 0 saturated carbocycles. The van der Waals surface area contributed by atoms with E-state index in [2.05, 4.69) is 15.4 Å². The zero-order valence-electron chi connectivity index (χ0n) is 16.1. The van der Waals surface area contributed by atoms with Crippen molar-refractivity contribution in [3.8, 4) is 11.4 Å². The number of ether oxygens (including phenoxy) is 1. The van der Waals surface area contributed by atoms with Crippen LogP contribution in [-0.2, 0) is 14.8 Å². The van der Waals surface area contributed by atoms with Gasteiger partial charge in [-0.15, -0.1) is 0 Å². The molecular formula is C19H18ClN5O4S. The number of nitrogens with zero attached hydrogens (tertiary/aromatic N) is 4. The van der Waals surface area contributed by atoms with Gasteiger partial charge in [-0.25, -0.2) is 18.1 Å². The van der Waals surface area contributed by atoms with E-state index in [-0.39, 0.29) is 28.2 Å². The van der Waals surface area contributed by atoms with Gasteiger partial charge in [0, 0.05) is 19.2 Å². The van der Waals surface area contributed by atoms with E-state index in [1.54, 1.807) is 17.9 Å². The zero-order chi connectivity index (χ0) is 21.5. The topological polar surface area (TPSA) is 106 Å². The van der Waals surface area contributed by atoms with Crippen LogP contribution in [-0.4, -0.2) is 47.0 Å². The van der Waals surface area contributed by atoms with Crippen molar-refractivity contribution in [3.05, 3.63) is 59.6 Å². The molecule has 1 aromatic heterocycles. The van der Waals surface area contributed by atoms with E-state index < -0.39 is 16.1 Å². The van der Waals surface area contributed by atoms with Crippen LogP contribution < -0.4 is 10.1 Å². The summed E-state index contributed by atoms with van der Waals surface area (Å²) in [7, 11) is -2.45. The smallest absolute Gasteiger partial charge is 0.262 e. The van der Waals surface area contributed by atoms with E-state index in [1.807, 2.05) is 24.3 Å². The van der Waals surface area contributed by atoms with Crippen LogP contribution in [0.4, 0.5) is 5.69 Å². The Kier molecular flexibility index (Phi) is 5.22. The van der Waals surface area contributed by atoms with Crippen LogP contribution in [0.15, 0.2) is 53.9 Å². The Bertz CT molecular complexity index is 1200. The first-order chi connectivity index (χ1) is 14.3. The molecule has 1 unspecified atom stereocenters. The Balaban J connectivity index is 1.62. The second kappa shape index (κ2) is 7.71. The third-order valence-electron chi connectivity index (χ3n) is 4.93. The van der Waals surface area contributed by atoms with E-state index in [4.69, 9.17) is 16.3 Å². The Morgan fingerprint density at radius 3 is 2.67 bits per heavy atom. The summed E-state index contributed by atoms with van der Waals surface area (Å²) >= 11 is 6.24. The molecule has 1 atom stereocenters. The Morgan fingerprint density at radius 2 is 2.00 bits per heavy atom. The van der Waals surface area contributed by atoms with Crippen LogP contribution in [0.5, 0.6) is 5.75 Å². The summed E-state index contributed by atoms with van der Waals surface area (Å²) < 4.78 is 34.7. The molecule has 30 heavy (non-hydrogen) atoms. The lowest BCUT2D eigenvalue weighted by atomic mass is 10.1. The van der Waals surface area contributed by atoms with Crippen LogP contribution in [0.25, 0.3) is 5.69 Å². The lowest BCUT2D eigenvalue weighted by molar-refractivity contribution is -0.118. The Morgan fingerprint density at radius 1 is 1.27 bits per heavy atom. The van der Waals surface area contributed by atoms with E-state index in [0.717, 1.165) is 11.3 Å². The van der Waals surface area contributed by atoms with Crippen LogP contribution in [0.3, 0.4) is 0 Å². The van der Waals surface area contributed by atoms with E-state index in [9.17, 15) is 13.2 Å². The Labute approximate surface area is 178 Å². The summed E-state index contributed by atoms with van der Waals surface area (Å²) in [5.41, 5.74) is 1.95. The average Bonchev–Trinajstić information content (AvgIpc) is 3.27. The normalized spacial score (nSPS) is 14.7. The fraction of sp³-hybridized carbons (Fsp3) is 0.211. The molecule has 0 fully saturated rings. The highest BCUT2D eigenvalue weighted by molar-refractivity contribution is 7.89. The molecule has 1 aliphatic rings. The number of sulfonamides is 1. The highest BCUT2D eigenvalue weighted by atomic mass is 35.5. The van der Waals surface area contributed by atoms with Crippen LogP contribution in [0.2, 0.25) is 5.02 Å². The summed E-state index contributed by atoms with van der Waals surface area (Å²) in [6.45, 7) is 1.60. The van der Waals surface area contributed by atoms with Crippen molar-refractivity contribution in [2.45, 2.75) is 17.9 Å². The minimum absolute atomic E-state index is 0.000120. The molecule has 4 rings (SSSR count). The molecule has 1 aliphatic heterocycles. The van der Waals surface area contributed by atoms with Gasteiger partial charge in [0.25, 0.3) is 5.91 Å². The van der Waals surface area contributed by atoms with Gasteiger partial charge in [0.05, 0.1) is 16.4 Å². The van der Waals surface area contributed by atoms with Gasteiger partial charge in [-0.1, -0.05) is 23.7 Å². The molecule has 1 amide bonds. The van der Waals surface area contributed by atoms with Crippen LogP contribution >= 0.6 is 11.6 Å². The second-order valence-electron chi connectivity index (χ2n) is 6.74. The number of rotatable bonds is 5. The lowest BCUT2D eigenvalue weighted by Gasteiger charge is -2.26. The molecule has 156 valence electrons. The predicted octanol–water partition coefficient (Wildman–Crippen LogP) is 2.63. The van der Waals surface area contributed by atoms with Crippen molar-refractivity contribution in [1.82, 2.24) is 19.1 Å². The molecule has 2 aromatic carbocycles. The van der Waals surface area contributed by atoms with E-state index >= 15 is 0 Å². The van der Waals surface area contributed by atoms with Gasteiger partial charge in [0.15, 0.2) is 6.61 Å². The Hall–Kier alpha value is -2.95. The molecule has 11 heteroatoms. The minimum atomic E-state index is -3.94. The number of fused-ring (bicyclic) bond motifs is 1. The molecule has 0 bridgehead atoms. The lowest BCUT2D eigenvalue weighted by Crippen LogP contribution is -2.30. The molecule has 1 N–H and O–H groups in total. The predicted molar refractivity (Wildman–Crippen MR) is 110 cm³/mol. The molecule has 2 heterocycles. The number of aromatic nitrogens is 3. The number of nitrogens with one attached hydrogen (secondary N) is 1. The number of hydrogen-bond donors (Lipinski definition) is 1. The number of anilines is 1. The van der Waals surface area contributed by atoms with Crippen molar-refractivity contribution in [1.29, 1.82) is 0 Å². The van der Waals surface area contributed by atoms with E-state index in [0.29, 0.717) is 5.69 Å². The van der Waals surface area contributed by atoms with Crippen molar-refractivity contribution in [3.63, 3.8) is 0 Å². The first kappa shape index (κ1) is 20.3. The van der Waals surface area contributed by atoms with Gasteiger partial charge in [-0.05, 0) is 30.7 Å². The fourth-order valence-electron chi connectivity index (χ4n) is 3.10. The highest BCUT2D eigenvalue weighted by Gasteiger charge is 2.30. The van der Waals surface area contributed by atoms with Crippen molar-refractivity contribution >= 4 is 33.2 Å². The van der Waals surface area contributed by atoms with Gasteiger partial charge in [0.2, 0.25) is 10.0 Å². The number of hydrogen-bond acceptors (Lipinski definition) is 6. The summed E-state index contributed by atoms with van der Waals surface area (Å²) in [5.74, 6) is -0.0648. The van der Waals surface area contributed by atoms with Crippen molar-refractivity contribution in [2.75, 3.05) is 19.0 Å². The van der Waals surface area contributed by atoms with Gasteiger partial charge < -0.3 is 10.1 Å². The minimum Gasteiger partial charge on any atom is -0.482 e. The molecule has 0 aliphatic carbocycles. The second-order valence-corrected chi connectivity index (χ2v) is 9.12. The van der Waals surface area contributed by atoms with Gasteiger partial charge in [-0.3, -0.25) is 4.79 Å². The van der Waals surface area contributed by atoms with Crippen LogP contribution in [0.1, 0.15) is 18.5 Å². The van der Waals surface area contributed by atoms with Crippen LogP contribution in [0, 0.1) is 0 Å². The highest BCUT2D eigenvalue weighted by Crippen LogP contribution is 2.38.